The van der Waals surface area contributed by atoms with Crippen LogP contribution in [0.3, 0.4) is 0 Å². The lowest BCUT2D eigenvalue weighted by atomic mass is 10.1. The Balaban J connectivity index is 1.70. The molecular formula is C23H21ClF3N3OS. The van der Waals surface area contributed by atoms with E-state index in [2.05, 4.69) is 23.9 Å². The molecule has 0 aliphatic heterocycles. The minimum atomic E-state index is -1.59. The molecule has 1 amide bonds. The standard InChI is InChI=1S/C23H21ClF3N3OS/c1-3-17(9-14(2)13-30-8-4-7-28-30)32-21-10-15(5-6-18(21)24)23(31)29-16-11-19(25)22(27)20(26)12-16/h3-8,10-12,14,17H,1,9,13H2,2H3,(H,29,31)/t14?,17-/m1/s1. The van der Waals surface area contributed by atoms with E-state index in [9.17, 15) is 18.0 Å². The van der Waals surface area contributed by atoms with Gasteiger partial charge in [-0.1, -0.05) is 24.6 Å². The zero-order valence-electron chi connectivity index (χ0n) is 17.2. The van der Waals surface area contributed by atoms with Crippen molar-refractivity contribution in [3.05, 3.63) is 89.5 Å². The molecule has 3 aromatic rings. The molecule has 4 nitrogen and oxygen atoms in total. The highest BCUT2D eigenvalue weighted by molar-refractivity contribution is 8.00. The predicted octanol–water partition coefficient (Wildman–Crippen LogP) is 6.58. The minimum absolute atomic E-state index is 0.0386. The summed E-state index contributed by atoms with van der Waals surface area (Å²) in [5, 5.41) is 7.10. The third-order valence-electron chi connectivity index (χ3n) is 4.67. The maximum atomic E-state index is 13.4. The van der Waals surface area contributed by atoms with Crippen molar-refractivity contribution in [1.82, 2.24) is 9.78 Å². The van der Waals surface area contributed by atoms with E-state index in [1.165, 1.54) is 17.8 Å². The Hall–Kier alpha value is -2.71. The number of nitrogens with zero attached hydrogens (tertiary/aromatic N) is 2. The van der Waals surface area contributed by atoms with Crippen molar-refractivity contribution < 1.29 is 18.0 Å². The average Bonchev–Trinajstić information content (AvgIpc) is 3.25. The smallest absolute Gasteiger partial charge is 0.255 e. The summed E-state index contributed by atoms with van der Waals surface area (Å²) in [5.41, 5.74) is 0.0569. The van der Waals surface area contributed by atoms with E-state index in [1.807, 2.05) is 23.0 Å². The molecule has 0 fully saturated rings. The Morgan fingerprint density at radius 2 is 2.00 bits per heavy atom. The fraction of sp³-hybridized carbons (Fsp3) is 0.217. The highest BCUT2D eigenvalue weighted by Crippen LogP contribution is 2.34. The zero-order valence-corrected chi connectivity index (χ0v) is 18.8. The second-order valence-electron chi connectivity index (χ2n) is 7.31. The van der Waals surface area contributed by atoms with Gasteiger partial charge in [0.2, 0.25) is 0 Å². The van der Waals surface area contributed by atoms with Crippen LogP contribution in [0.1, 0.15) is 23.7 Å². The maximum absolute atomic E-state index is 13.4. The largest absolute Gasteiger partial charge is 0.322 e. The Labute approximate surface area is 193 Å². The van der Waals surface area contributed by atoms with E-state index in [-0.39, 0.29) is 16.5 Å². The SMILES string of the molecule is C=C[C@H](CC(C)Cn1cccn1)Sc1cc(C(=O)Nc2cc(F)c(F)c(F)c2)ccc1Cl. The van der Waals surface area contributed by atoms with Gasteiger partial charge in [0.1, 0.15) is 0 Å². The van der Waals surface area contributed by atoms with Gasteiger partial charge in [-0.25, -0.2) is 13.2 Å². The number of hydrogen-bond acceptors (Lipinski definition) is 3. The van der Waals surface area contributed by atoms with Crippen LogP contribution in [0, 0.1) is 23.4 Å². The normalized spacial score (nSPS) is 12.9. The fourth-order valence-corrected chi connectivity index (χ4v) is 4.59. The van der Waals surface area contributed by atoms with Crippen molar-refractivity contribution >= 4 is 35.0 Å². The van der Waals surface area contributed by atoms with Crippen LogP contribution >= 0.6 is 23.4 Å². The zero-order chi connectivity index (χ0) is 23.3. The monoisotopic (exact) mass is 479 g/mol. The van der Waals surface area contributed by atoms with Gasteiger partial charge in [-0.15, -0.1) is 18.3 Å². The second kappa shape index (κ2) is 10.7. The Kier molecular flexibility index (Phi) is 8.04. The summed E-state index contributed by atoms with van der Waals surface area (Å²) in [5.74, 6) is -4.64. The van der Waals surface area contributed by atoms with Gasteiger partial charge in [-0.05, 0) is 36.6 Å². The van der Waals surface area contributed by atoms with Gasteiger partial charge in [0.15, 0.2) is 17.5 Å². The lowest BCUT2D eigenvalue weighted by Gasteiger charge is -2.19. The molecule has 1 heterocycles. The number of anilines is 1. The molecule has 168 valence electrons. The number of thioether (sulfide) groups is 1. The number of carbonyl (C=O) groups excluding carboxylic acids is 1. The quantitative estimate of drug-likeness (QED) is 0.214. The molecule has 0 radical (unpaired) electrons. The molecule has 3 rings (SSSR count). The first kappa shape index (κ1) is 23.9. The van der Waals surface area contributed by atoms with E-state index in [1.54, 1.807) is 18.3 Å². The molecule has 0 aliphatic rings. The van der Waals surface area contributed by atoms with Crippen LogP contribution in [0.5, 0.6) is 0 Å². The number of rotatable bonds is 9. The number of nitrogens with one attached hydrogen (secondary N) is 1. The third-order valence-corrected chi connectivity index (χ3v) is 6.39. The highest BCUT2D eigenvalue weighted by atomic mass is 35.5. The van der Waals surface area contributed by atoms with Crippen molar-refractivity contribution in [2.45, 2.75) is 30.0 Å². The summed E-state index contributed by atoms with van der Waals surface area (Å²) in [4.78, 5) is 13.2. The lowest BCUT2D eigenvalue weighted by molar-refractivity contribution is 0.102. The molecular weight excluding hydrogens is 459 g/mol. The molecule has 0 saturated carbocycles. The molecule has 32 heavy (non-hydrogen) atoms. The van der Waals surface area contributed by atoms with E-state index < -0.39 is 23.4 Å². The van der Waals surface area contributed by atoms with Crippen molar-refractivity contribution in [2.75, 3.05) is 5.32 Å². The summed E-state index contributed by atoms with van der Waals surface area (Å²) in [6.07, 6.45) is 6.29. The first-order chi connectivity index (χ1) is 15.3. The summed E-state index contributed by atoms with van der Waals surface area (Å²) in [6, 6.07) is 8.00. The molecule has 9 heteroatoms. The van der Waals surface area contributed by atoms with Crippen LogP contribution in [0.25, 0.3) is 0 Å². The summed E-state index contributed by atoms with van der Waals surface area (Å²) in [6.45, 7) is 6.79. The summed E-state index contributed by atoms with van der Waals surface area (Å²) in [7, 11) is 0. The number of benzene rings is 2. The molecule has 2 aromatic carbocycles. The van der Waals surface area contributed by atoms with Crippen LogP contribution < -0.4 is 5.32 Å². The van der Waals surface area contributed by atoms with Gasteiger partial charge in [0, 0.05) is 52.5 Å². The first-order valence-electron chi connectivity index (χ1n) is 9.79. The van der Waals surface area contributed by atoms with Gasteiger partial charge < -0.3 is 5.32 Å². The summed E-state index contributed by atoms with van der Waals surface area (Å²) < 4.78 is 41.8. The number of carbonyl (C=O) groups is 1. The van der Waals surface area contributed by atoms with Gasteiger partial charge in [-0.2, -0.15) is 5.10 Å². The maximum Gasteiger partial charge on any atom is 0.255 e. The molecule has 0 spiro atoms. The molecule has 0 saturated heterocycles. The van der Waals surface area contributed by atoms with E-state index >= 15 is 0 Å². The second-order valence-corrected chi connectivity index (χ2v) is 9.00. The summed E-state index contributed by atoms with van der Waals surface area (Å²) >= 11 is 7.80. The number of halogens is 4. The molecule has 1 N–H and O–H groups in total. The van der Waals surface area contributed by atoms with Crippen molar-refractivity contribution in [3.8, 4) is 0 Å². The average molecular weight is 480 g/mol. The number of amides is 1. The lowest BCUT2D eigenvalue weighted by Crippen LogP contribution is -2.14. The van der Waals surface area contributed by atoms with E-state index in [0.29, 0.717) is 15.8 Å². The first-order valence-corrected chi connectivity index (χ1v) is 11.0. The van der Waals surface area contributed by atoms with Gasteiger partial charge in [0.05, 0.1) is 5.02 Å². The topological polar surface area (TPSA) is 46.9 Å². The molecule has 1 unspecified atom stereocenters. The Bertz CT molecular complexity index is 1080. The molecule has 0 bridgehead atoms. The van der Waals surface area contributed by atoms with Gasteiger partial charge in [-0.3, -0.25) is 9.48 Å². The molecule has 0 aliphatic carbocycles. The van der Waals surface area contributed by atoms with Crippen LogP contribution in [-0.4, -0.2) is 20.9 Å². The fourth-order valence-electron chi connectivity index (χ4n) is 3.12. The van der Waals surface area contributed by atoms with Crippen LogP contribution in [0.15, 0.2) is 66.3 Å². The molecule has 1 aromatic heterocycles. The van der Waals surface area contributed by atoms with Crippen molar-refractivity contribution in [2.24, 2.45) is 5.92 Å². The van der Waals surface area contributed by atoms with Gasteiger partial charge in [0.25, 0.3) is 5.91 Å². The molecule has 2 atom stereocenters. The van der Waals surface area contributed by atoms with Crippen LogP contribution in [0.4, 0.5) is 18.9 Å². The van der Waals surface area contributed by atoms with Crippen LogP contribution in [0.2, 0.25) is 5.02 Å². The number of aromatic nitrogens is 2. The minimum Gasteiger partial charge on any atom is -0.322 e. The van der Waals surface area contributed by atoms with E-state index in [0.717, 1.165) is 25.1 Å². The third kappa shape index (κ3) is 6.17. The Morgan fingerprint density at radius 3 is 2.62 bits per heavy atom. The van der Waals surface area contributed by atoms with Crippen molar-refractivity contribution in [3.63, 3.8) is 0 Å². The van der Waals surface area contributed by atoms with Crippen molar-refractivity contribution in [1.29, 1.82) is 0 Å². The van der Waals surface area contributed by atoms with Crippen LogP contribution in [-0.2, 0) is 6.54 Å². The highest BCUT2D eigenvalue weighted by Gasteiger charge is 2.17. The number of hydrogen-bond donors (Lipinski definition) is 1. The predicted molar refractivity (Wildman–Crippen MR) is 122 cm³/mol. The van der Waals surface area contributed by atoms with E-state index in [4.69, 9.17) is 11.6 Å². The Morgan fingerprint density at radius 1 is 1.28 bits per heavy atom. The van der Waals surface area contributed by atoms with Gasteiger partial charge >= 0.3 is 0 Å².